The zero-order valence-corrected chi connectivity index (χ0v) is 11.0. The van der Waals surface area contributed by atoms with Crippen LogP contribution in [0.15, 0.2) is 6.20 Å². The van der Waals surface area contributed by atoms with Crippen LogP contribution in [-0.2, 0) is 0 Å². The number of aliphatic hydroxyl groups excluding tert-OH is 1. The number of carboxylic acid groups (broad SMARTS) is 1. The minimum atomic E-state index is -1.01. The van der Waals surface area contributed by atoms with Gasteiger partial charge in [0.2, 0.25) is 5.95 Å². The molecule has 1 aliphatic rings. The average molecular weight is 265 g/mol. The molecule has 0 aromatic carbocycles. The molecule has 1 aliphatic carbocycles. The number of hydrogen-bond donors (Lipinski definition) is 3. The SMILES string of the molecule is Cc1nc(NCC2CCCC2CO)ncc1C(=O)O. The van der Waals surface area contributed by atoms with E-state index in [0.29, 0.717) is 23.5 Å². The molecule has 6 nitrogen and oxygen atoms in total. The van der Waals surface area contributed by atoms with Gasteiger partial charge in [-0.25, -0.2) is 14.8 Å². The first-order valence-corrected chi connectivity index (χ1v) is 6.53. The van der Waals surface area contributed by atoms with Gasteiger partial charge in [-0.2, -0.15) is 0 Å². The molecule has 2 atom stereocenters. The fourth-order valence-electron chi connectivity index (χ4n) is 2.61. The molecule has 1 heterocycles. The Morgan fingerprint density at radius 2 is 2.21 bits per heavy atom. The van der Waals surface area contributed by atoms with Gasteiger partial charge in [0.25, 0.3) is 0 Å². The normalized spacial score (nSPS) is 22.4. The molecular weight excluding hydrogens is 246 g/mol. The molecule has 104 valence electrons. The van der Waals surface area contributed by atoms with Crippen molar-refractivity contribution in [3.05, 3.63) is 17.5 Å². The van der Waals surface area contributed by atoms with Crippen LogP contribution in [0.1, 0.15) is 35.3 Å². The van der Waals surface area contributed by atoms with Gasteiger partial charge in [-0.3, -0.25) is 0 Å². The van der Waals surface area contributed by atoms with E-state index in [9.17, 15) is 9.90 Å². The smallest absolute Gasteiger partial charge is 0.339 e. The van der Waals surface area contributed by atoms with E-state index < -0.39 is 5.97 Å². The molecule has 0 radical (unpaired) electrons. The summed E-state index contributed by atoms with van der Waals surface area (Å²) >= 11 is 0. The number of anilines is 1. The molecule has 6 heteroatoms. The highest BCUT2D eigenvalue weighted by molar-refractivity contribution is 5.88. The lowest BCUT2D eigenvalue weighted by Crippen LogP contribution is -2.22. The van der Waals surface area contributed by atoms with E-state index in [1.54, 1.807) is 6.92 Å². The summed E-state index contributed by atoms with van der Waals surface area (Å²) < 4.78 is 0. The fourth-order valence-corrected chi connectivity index (χ4v) is 2.61. The molecule has 1 saturated carbocycles. The molecule has 1 aromatic heterocycles. The van der Waals surface area contributed by atoms with Gasteiger partial charge in [-0.05, 0) is 31.6 Å². The van der Waals surface area contributed by atoms with E-state index in [1.165, 1.54) is 6.20 Å². The maximum absolute atomic E-state index is 10.9. The van der Waals surface area contributed by atoms with E-state index in [2.05, 4.69) is 15.3 Å². The first-order valence-electron chi connectivity index (χ1n) is 6.53. The Labute approximate surface area is 111 Å². The number of nitrogens with one attached hydrogen (secondary N) is 1. The number of rotatable bonds is 5. The van der Waals surface area contributed by atoms with Crippen LogP contribution in [0.25, 0.3) is 0 Å². The Balaban J connectivity index is 1.96. The summed E-state index contributed by atoms with van der Waals surface area (Å²) in [5.74, 6) is 0.228. The van der Waals surface area contributed by atoms with Gasteiger partial charge in [0.1, 0.15) is 0 Å². The van der Waals surface area contributed by atoms with Crippen molar-refractivity contribution >= 4 is 11.9 Å². The van der Waals surface area contributed by atoms with Crippen LogP contribution in [-0.4, -0.2) is 39.3 Å². The molecular formula is C13H19N3O3. The van der Waals surface area contributed by atoms with Crippen molar-refractivity contribution in [3.8, 4) is 0 Å². The Kier molecular flexibility index (Phi) is 4.31. The van der Waals surface area contributed by atoms with Gasteiger partial charge in [0.15, 0.2) is 0 Å². The highest BCUT2D eigenvalue weighted by Crippen LogP contribution is 2.31. The van der Waals surface area contributed by atoms with Gasteiger partial charge < -0.3 is 15.5 Å². The number of aliphatic hydroxyl groups is 1. The summed E-state index contributed by atoms with van der Waals surface area (Å²) in [6.45, 7) is 2.60. The topological polar surface area (TPSA) is 95.3 Å². The van der Waals surface area contributed by atoms with Crippen molar-refractivity contribution < 1.29 is 15.0 Å². The molecule has 0 amide bonds. The number of carboxylic acids is 1. The molecule has 0 aliphatic heterocycles. The Morgan fingerprint density at radius 1 is 1.47 bits per heavy atom. The zero-order valence-electron chi connectivity index (χ0n) is 11.0. The van der Waals surface area contributed by atoms with Crippen LogP contribution < -0.4 is 5.32 Å². The van der Waals surface area contributed by atoms with Gasteiger partial charge >= 0.3 is 5.97 Å². The summed E-state index contributed by atoms with van der Waals surface area (Å²) in [7, 11) is 0. The predicted octanol–water partition coefficient (Wildman–Crippen LogP) is 1.30. The van der Waals surface area contributed by atoms with Crippen molar-refractivity contribution in [1.82, 2.24) is 9.97 Å². The first-order chi connectivity index (χ1) is 9.11. The second-order valence-corrected chi connectivity index (χ2v) is 5.01. The second-order valence-electron chi connectivity index (χ2n) is 5.01. The lowest BCUT2D eigenvalue weighted by atomic mass is 9.97. The minimum absolute atomic E-state index is 0.125. The van der Waals surface area contributed by atoms with Crippen LogP contribution in [0.3, 0.4) is 0 Å². The Bertz CT molecular complexity index is 464. The predicted molar refractivity (Wildman–Crippen MR) is 70.1 cm³/mol. The van der Waals surface area contributed by atoms with E-state index in [1.807, 2.05) is 0 Å². The quantitative estimate of drug-likeness (QED) is 0.742. The number of carbonyl (C=O) groups is 1. The van der Waals surface area contributed by atoms with Crippen molar-refractivity contribution in [2.45, 2.75) is 26.2 Å². The molecule has 3 N–H and O–H groups in total. The standard InChI is InChI=1S/C13H19N3O3/c1-8-11(12(18)19)6-15-13(16-8)14-5-9-3-2-4-10(9)7-17/h6,9-10,17H,2-5,7H2,1H3,(H,18,19)(H,14,15,16). The van der Waals surface area contributed by atoms with Gasteiger partial charge in [-0.15, -0.1) is 0 Å². The molecule has 0 bridgehead atoms. The third kappa shape index (κ3) is 3.20. The third-order valence-corrected chi connectivity index (χ3v) is 3.78. The van der Waals surface area contributed by atoms with Crippen LogP contribution >= 0.6 is 0 Å². The molecule has 2 rings (SSSR count). The van der Waals surface area contributed by atoms with Crippen molar-refractivity contribution in [2.75, 3.05) is 18.5 Å². The summed E-state index contributed by atoms with van der Waals surface area (Å²) in [6, 6.07) is 0. The fraction of sp³-hybridized carbons (Fsp3) is 0.615. The van der Waals surface area contributed by atoms with Crippen molar-refractivity contribution in [1.29, 1.82) is 0 Å². The van der Waals surface area contributed by atoms with Crippen molar-refractivity contribution in [3.63, 3.8) is 0 Å². The molecule has 2 unspecified atom stereocenters. The van der Waals surface area contributed by atoms with Crippen molar-refractivity contribution in [2.24, 2.45) is 11.8 Å². The zero-order chi connectivity index (χ0) is 13.8. The highest BCUT2D eigenvalue weighted by Gasteiger charge is 2.26. The van der Waals surface area contributed by atoms with E-state index in [4.69, 9.17) is 5.11 Å². The number of aryl methyl sites for hydroxylation is 1. The lowest BCUT2D eigenvalue weighted by Gasteiger charge is -2.17. The van der Waals surface area contributed by atoms with Gasteiger partial charge in [0, 0.05) is 19.3 Å². The van der Waals surface area contributed by atoms with E-state index in [-0.39, 0.29) is 12.2 Å². The monoisotopic (exact) mass is 265 g/mol. The van der Waals surface area contributed by atoms with E-state index in [0.717, 1.165) is 25.8 Å². The Morgan fingerprint density at radius 3 is 2.84 bits per heavy atom. The number of aromatic nitrogens is 2. The summed E-state index contributed by atoms with van der Waals surface area (Å²) in [6.07, 6.45) is 4.64. The van der Waals surface area contributed by atoms with Gasteiger partial charge in [0.05, 0.1) is 11.3 Å². The van der Waals surface area contributed by atoms with E-state index >= 15 is 0 Å². The third-order valence-electron chi connectivity index (χ3n) is 3.78. The molecule has 1 aromatic rings. The molecule has 0 spiro atoms. The van der Waals surface area contributed by atoms with Crippen LogP contribution in [0, 0.1) is 18.8 Å². The average Bonchev–Trinajstić information content (AvgIpc) is 2.83. The summed E-state index contributed by atoms with van der Waals surface area (Å²) in [5, 5.41) is 21.3. The highest BCUT2D eigenvalue weighted by atomic mass is 16.4. The van der Waals surface area contributed by atoms with Gasteiger partial charge in [-0.1, -0.05) is 6.42 Å². The minimum Gasteiger partial charge on any atom is -0.478 e. The first kappa shape index (κ1) is 13.7. The van der Waals surface area contributed by atoms with Crippen LogP contribution in [0.2, 0.25) is 0 Å². The molecule has 19 heavy (non-hydrogen) atoms. The number of nitrogens with zero attached hydrogens (tertiary/aromatic N) is 2. The largest absolute Gasteiger partial charge is 0.478 e. The maximum atomic E-state index is 10.9. The Hall–Kier alpha value is -1.69. The summed E-state index contributed by atoms with van der Waals surface area (Å²) in [4.78, 5) is 19.0. The lowest BCUT2D eigenvalue weighted by molar-refractivity contribution is 0.0695. The maximum Gasteiger partial charge on any atom is 0.339 e. The van der Waals surface area contributed by atoms with Crippen LogP contribution in [0.4, 0.5) is 5.95 Å². The number of hydrogen-bond acceptors (Lipinski definition) is 5. The molecule has 1 fully saturated rings. The molecule has 0 saturated heterocycles. The second kappa shape index (κ2) is 5.97. The number of aromatic carboxylic acids is 1. The summed E-state index contributed by atoms with van der Waals surface area (Å²) in [5.41, 5.74) is 0.579. The van der Waals surface area contributed by atoms with Crippen LogP contribution in [0.5, 0.6) is 0 Å².